The van der Waals surface area contributed by atoms with Gasteiger partial charge in [-0.25, -0.2) is 13.8 Å². The Morgan fingerprint density at radius 1 is 1.21 bits per heavy atom. The molecule has 4 heterocycles. The number of fused-ring (bicyclic) bond motifs is 1. The van der Waals surface area contributed by atoms with Crippen LogP contribution >= 0.6 is 27.3 Å². The lowest BCUT2D eigenvalue weighted by Crippen LogP contribution is -2.17. The van der Waals surface area contributed by atoms with Crippen molar-refractivity contribution in [2.24, 2.45) is 19.8 Å². The van der Waals surface area contributed by atoms with Crippen LogP contribution in [0.25, 0.3) is 21.3 Å². The van der Waals surface area contributed by atoms with Crippen LogP contribution in [0.1, 0.15) is 43.7 Å². The molecule has 0 aliphatic rings. The number of amides is 2. The molecule has 0 atom stereocenters. The SMILES string of the molecule is Cc1nn(C)cc1-c1cc(C(F)F)nc2sc(C(N)=O)c(NC(=O)c3nn(C)c(C)c3Br)c12. The first-order chi connectivity index (χ1) is 15.5. The minimum Gasteiger partial charge on any atom is -0.365 e. The molecule has 13 heteroatoms. The molecule has 4 aromatic heterocycles. The molecular weight excluding hydrogens is 520 g/mol. The molecule has 0 saturated carbocycles. The van der Waals surface area contributed by atoms with Crippen molar-refractivity contribution in [3.05, 3.63) is 44.4 Å². The standard InChI is InChI=1S/C20H18BrF2N7O2S/c1-7-10(6-29(3)27-7)9-5-11(17(22)23)25-20-12(9)14(16(33-20)18(24)31)26-19(32)15-13(21)8(2)30(4)28-15/h5-6,17H,1-4H3,(H2,24,31)(H,26,32). The van der Waals surface area contributed by atoms with E-state index in [0.29, 0.717) is 26.7 Å². The Morgan fingerprint density at radius 3 is 2.42 bits per heavy atom. The highest BCUT2D eigenvalue weighted by Crippen LogP contribution is 2.43. The average Bonchev–Trinajstić information content (AvgIpc) is 3.36. The van der Waals surface area contributed by atoms with Gasteiger partial charge in [-0.15, -0.1) is 11.3 Å². The maximum Gasteiger partial charge on any atom is 0.280 e. The lowest BCUT2D eigenvalue weighted by Gasteiger charge is -2.10. The van der Waals surface area contributed by atoms with Crippen molar-refractivity contribution < 1.29 is 18.4 Å². The van der Waals surface area contributed by atoms with Gasteiger partial charge in [-0.05, 0) is 41.4 Å². The van der Waals surface area contributed by atoms with Crippen LogP contribution in [0.15, 0.2) is 16.7 Å². The molecule has 4 aromatic rings. The van der Waals surface area contributed by atoms with E-state index in [0.717, 1.165) is 17.0 Å². The Morgan fingerprint density at radius 2 is 1.91 bits per heavy atom. The van der Waals surface area contributed by atoms with E-state index in [1.54, 1.807) is 38.8 Å². The second-order valence-corrected chi connectivity index (χ2v) is 9.17. The van der Waals surface area contributed by atoms with Crippen molar-refractivity contribution in [3.8, 4) is 11.1 Å². The van der Waals surface area contributed by atoms with Gasteiger partial charge in [0.2, 0.25) is 0 Å². The molecular formula is C20H18BrF2N7O2S. The van der Waals surface area contributed by atoms with E-state index >= 15 is 0 Å². The lowest BCUT2D eigenvalue weighted by atomic mass is 10.0. The quantitative estimate of drug-likeness (QED) is 0.397. The van der Waals surface area contributed by atoms with Crippen LogP contribution in [0.2, 0.25) is 0 Å². The number of alkyl halides is 2. The number of nitrogens with zero attached hydrogens (tertiary/aromatic N) is 5. The predicted octanol–water partition coefficient (Wildman–Crippen LogP) is 4.10. The molecule has 0 aliphatic heterocycles. The summed E-state index contributed by atoms with van der Waals surface area (Å²) in [6.07, 6.45) is -1.17. The zero-order valence-electron chi connectivity index (χ0n) is 17.9. The summed E-state index contributed by atoms with van der Waals surface area (Å²) in [5.41, 5.74) is 7.52. The number of primary amides is 1. The number of hydrogen-bond donors (Lipinski definition) is 2. The van der Waals surface area contributed by atoms with Gasteiger partial charge < -0.3 is 11.1 Å². The van der Waals surface area contributed by atoms with Crippen LogP contribution in [-0.2, 0) is 14.1 Å². The van der Waals surface area contributed by atoms with E-state index in [1.165, 1.54) is 10.7 Å². The summed E-state index contributed by atoms with van der Waals surface area (Å²) in [7, 11) is 3.39. The highest BCUT2D eigenvalue weighted by Gasteiger charge is 2.27. The largest absolute Gasteiger partial charge is 0.365 e. The fourth-order valence-electron chi connectivity index (χ4n) is 3.50. The van der Waals surface area contributed by atoms with Crippen LogP contribution in [0.3, 0.4) is 0 Å². The molecule has 0 aliphatic carbocycles. The number of nitrogens with one attached hydrogen (secondary N) is 1. The van der Waals surface area contributed by atoms with Gasteiger partial charge in [0.1, 0.15) is 15.4 Å². The van der Waals surface area contributed by atoms with Gasteiger partial charge in [0, 0.05) is 31.2 Å². The smallest absolute Gasteiger partial charge is 0.280 e. The zero-order valence-corrected chi connectivity index (χ0v) is 20.3. The first-order valence-corrected chi connectivity index (χ1v) is 11.2. The van der Waals surface area contributed by atoms with E-state index < -0.39 is 23.9 Å². The van der Waals surface area contributed by atoms with Crippen molar-refractivity contribution in [1.29, 1.82) is 0 Å². The molecule has 0 spiro atoms. The number of carbonyl (C=O) groups is 2. The van der Waals surface area contributed by atoms with Gasteiger partial charge in [0.25, 0.3) is 18.2 Å². The Balaban J connectivity index is 1.99. The van der Waals surface area contributed by atoms with Gasteiger partial charge in [0.15, 0.2) is 5.69 Å². The number of aromatic nitrogens is 5. The molecule has 0 unspecified atom stereocenters. The van der Waals surface area contributed by atoms with E-state index in [4.69, 9.17) is 5.73 Å². The molecule has 0 radical (unpaired) electrons. The van der Waals surface area contributed by atoms with Crippen LogP contribution in [0, 0.1) is 13.8 Å². The summed E-state index contributed by atoms with van der Waals surface area (Å²) in [6.45, 7) is 3.51. The fourth-order valence-corrected chi connectivity index (χ4v) is 5.03. The second-order valence-electron chi connectivity index (χ2n) is 7.37. The summed E-state index contributed by atoms with van der Waals surface area (Å²) in [4.78, 5) is 29.5. The van der Waals surface area contributed by atoms with Gasteiger partial charge >= 0.3 is 0 Å². The molecule has 0 aromatic carbocycles. The monoisotopic (exact) mass is 537 g/mol. The number of aryl methyl sites for hydroxylation is 3. The molecule has 0 bridgehead atoms. The van der Waals surface area contributed by atoms with Gasteiger partial charge in [-0.3, -0.25) is 19.0 Å². The molecule has 33 heavy (non-hydrogen) atoms. The third-order valence-corrected chi connectivity index (χ3v) is 7.20. The summed E-state index contributed by atoms with van der Waals surface area (Å²) in [5, 5.41) is 11.5. The lowest BCUT2D eigenvalue weighted by molar-refractivity contribution is 0.100. The van der Waals surface area contributed by atoms with Gasteiger partial charge in [-0.1, -0.05) is 0 Å². The normalized spacial score (nSPS) is 11.5. The average molecular weight is 538 g/mol. The Kier molecular flexibility index (Phi) is 5.78. The van der Waals surface area contributed by atoms with Crippen LogP contribution < -0.4 is 11.1 Å². The van der Waals surface area contributed by atoms with E-state index in [2.05, 4.69) is 36.4 Å². The molecule has 4 rings (SSSR count). The minimum atomic E-state index is -2.84. The molecule has 172 valence electrons. The molecule has 0 saturated heterocycles. The van der Waals surface area contributed by atoms with Crippen LogP contribution in [0.4, 0.5) is 14.5 Å². The van der Waals surface area contributed by atoms with E-state index in [9.17, 15) is 18.4 Å². The summed E-state index contributed by atoms with van der Waals surface area (Å²) < 4.78 is 30.8. The van der Waals surface area contributed by atoms with E-state index in [1.807, 2.05) is 0 Å². The highest BCUT2D eigenvalue weighted by molar-refractivity contribution is 9.10. The van der Waals surface area contributed by atoms with Gasteiger partial charge in [-0.2, -0.15) is 10.2 Å². The van der Waals surface area contributed by atoms with Crippen LogP contribution in [0.5, 0.6) is 0 Å². The van der Waals surface area contributed by atoms with E-state index in [-0.39, 0.29) is 21.1 Å². The molecule has 2 amide bonds. The molecule has 9 nitrogen and oxygen atoms in total. The van der Waals surface area contributed by atoms with Crippen molar-refractivity contribution in [1.82, 2.24) is 24.5 Å². The summed E-state index contributed by atoms with van der Waals surface area (Å²) in [5.74, 6) is -1.42. The van der Waals surface area contributed by atoms with Crippen molar-refractivity contribution in [2.45, 2.75) is 20.3 Å². The Labute approximate surface area is 198 Å². The Bertz CT molecular complexity index is 1440. The summed E-state index contributed by atoms with van der Waals surface area (Å²) in [6, 6.07) is 1.24. The van der Waals surface area contributed by atoms with Crippen molar-refractivity contribution in [2.75, 3.05) is 5.32 Å². The third kappa shape index (κ3) is 3.91. The number of carbonyl (C=O) groups excluding carboxylic acids is 2. The molecule has 0 fully saturated rings. The number of thiophene rings is 1. The number of rotatable bonds is 5. The molecule has 3 N–H and O–H groups in total. The second kappa shape index (κ2) is 8.30. The minimum absolute atomic E-state index is 0.0103. The number of anilines is 1. The topological polar surface area (TPSA) is 121 Å². The zero-order chi connectivity index (χ0) is 24.2. The fraction of sp³-hybridized carbons (Fsp3) is 0.250. The Hall–Kier alpha value is -3.19. The van der Waals surface area contributed by atoms with Crippen molar-refractivity contribution >= 4 is 55.0 Å². The highest BCUT2D eigenvalue weighted by atomic mass is 79.9. The first-order valence-electron chi connectivity index (χ1n) is 9.56. The van der Waals surface area contributed by atoms with Gasteiger partial charge in [0.05, 0.1) is 21.5 Å². The summed E-state index contributed by atoms with van der Waals surface area (Å²) >= 11 is 4.19. The first kappa shape index (κ1) is 23.0. The number of nitrogens with two attached hydrogens (primary N) is 1. The number of hydrogen-bond acceptors (Lipinski definition) is 6. The third-order valence-electron chi connectivity index (χ3n) is 5.15. The predicted molar refractivity (Wildman–Crippen MR) is 124 cm³/mol. The number of pyridine rings is 1. The maximum atomic E-state index is 13.6. The van der Waals surface area contributed by atoms with Crippen molar-refractivity contribution in [3.63, 3.8) is 0 Å². The maximum absolute atomic E-state index is 13.6. The van der Waals surface area contributed by atoms with Crippen LogP contribution in [-0.4, -0.2) is 36.4 Å². The number of halogens is 3.